The lowest BCUT2D eigenvalue weighted by Crippen LogP contribution is -2.27. The van der Waals surface area contributed by atoms with Gasteiger partial charge in [-0.05, 0) is 81.9 Å². The van der Waals surface area contributed by atoms with Crippen LogP contribution in [-0.2, 0) is 10.8 Å². The van der Waals surface area contributed by atoms with Gasteiger partial charge in [-0.1, -0.05) is 77.9 Å². The third-order valence-electron chi connectivity index (χ3n) is 6.33. The molecule has 0 bridgehead atoms. The number of benzene rings is 3. The minimum Gasteiger partial charge on any atom is -0.507 e. The predicted octanol–water partition coefficient (Wildman–Crippen LogP) is 7.29. The zero-order valence-corrected chi connectivity index (χ0v) is 25.4. The molecular formula is C33H44NO2P. The second kappa shape index (κ2) is 10.3. The van der Waals surface area contributed by atoms with Gasteiger partial charge in [0.05, 0.1) is 5.54 Å². The van der Waals surface area contributed by atoms with Gasteiger partial charge in [0.1, 0.15) is 11.5 Å². The highest BCUT2D eigenvalue weighted by molar-refractivity contribution is 7.80. The SMILES string of the molecule is Cc1cc(P(c2ccccc2/C=N/C(C)(C)C)c2cc(C)cc(C(C)(C)C)c2O)c(O)c(C(C)(C)C)c1. The van der Waals surface area contributed by atoms with Gasteiger partial charge in [0.2, 0.25) is 0 Å². The van der Waals surface area contributed by atoms with E-state index in [9.17, 15) is 10.2 Å². The molecule has 37 heavy (non-hydrogen) atoms. The van der Waals surface area contributed by atoms with Crippen LogP contribution in [0.1, 0.15) is 90.1 Å². The van der Waals surface area contributed by atoms with Gasteiger partial charge in [-0.15, -0.1) is 0 Å². The van der Waals surface area contributed by atoms with Crippen molar-refractivity contribution in [3.05, 3.63) is 76.3 Å². The van der Waals surface area contributed by atoms with Crippen LogP contribution in [0.3, 0.4) is 0 Å². The Labute approximate surface area is 225 Å². The van der Waals surface area contributed by atoms with Gasteiger partial charge in [0, 0.05) is 33.5 Å². The molecule has 198 valence electrons. The first-order valence-electron chi connectivity index (χ1n) is 13.0. The molecule has 0 aliphatic heterocycles. The molecule has 0 aromatic heterocycles. The maximum Gasteiger partial charge on any atom is 0.127 e. The van der Waals surface area contributed by atoms with E-state index < -0.39 is 7.92 Å². The lowest BCUT2D eigenvalue weighted by atomic mass is 9.85. The Kier molecular flexibility index (Phi) is 8.02. The molecule has 3 rings (SSSR count). The number of aromatic hydroxyl groups is 2. The minimum absolute atomic E-state index is 0.217. The van der Waals surface area contributed by atoms with Crippen molar-refractivity contribution >= 4 is 30.0 Å². The van der Waals surface area contributed by atoms with Crippen LogP contribution in [0.5, 0.6) is 11.5 Å². The van der Waals surface area contributed by atoms with Gasteiger partial charge >= 0.3 is 0 Å². The molecule has 0 heterocycles. The summed E-state index contributed by atoms with van der Waals surface area (Å²) in [5, 5.41) is 26.3. The summed E-state index contributed by atoms with van der Waals surface area (Å²) in [6, 6.07) is 16.6. The van der Waals surface area contributed by atoms with Crippen molar-refractivity contribution in [2.45, 2.75) is 92.5 Å². The molecule has 0 aliphatic rings. The van der Waals surface area contributed by atoms with Crippen molar-refractivity contribution in [3.63, 3.8) is 0 Å². The summed E-state index contributed by atoms with van der Waals surface area (Å²) in [6.07, 6.45) is 1.94. The van der Waals surface area contributed by atoms with Crippen LogP contribution < -0.4 is 15.9 Å². The van der Waals surface area contributed by atoms with Gasteiger partial charge in [-0.2, -0.15) is 0 Å². The fourth-order valence-electron chi connectivity index (χ4n) is 4.46. The monoisotopic (exact) mass is 517 g/mol. The molecule has 0 aliphatic carbocycles. The van der Waals surface area contributed by atoms with Crippen molar-refractivity contribution in [1.29, 1.82) is 0 Å². The predicted molar refractivity (Wildman–Crippen MR) is 163 cm³/mol. The number of phenolic OH excluding ortho intramolecular Hbond substituents is 2. The van der Waals surface area contributed by atoms with Gasteiger partial charge in [0.25, 0.3) is 0 Å². The Hall–Kier alpha value is -2.64. The molecule has 3 aromatic rings. The Bertz CT molecular complexity index is 1250. The Morgan fingerprint density at radius 1 is 0.649 bits per heavy atom. The van der Waals surface area contributed by atoms with E-state index in [0.717, 1.165) is 43.7 Å². The van der Waals surface area contributed by atoms with Crippen molar-refractivity contribution in [3.8, 4) is 11.5 Å². The first-order valence-corrected chi connectivity index (χ1v) is 14.4. The van der Waals surface area contributed by atoms with E-state index in [1.165, 1.54) is 0 Å². The highest BCUT2D eigenvalue weighted by Gasteiger charge is 2.31. The molecule has 4 heteroatoms. The van der Waals surface area contributed by atoms with Crippen molar-refractivity contribution in [1.82, 2.24) is 0 Å². The van der Waals surface area contributed by atoms with Crippen LogP contribution in [0.25, 0.3) is 0 Å². The van der Waals surface area contributed by atoms with Crippen LogP contribution in [0.4, 0.5) is 0 Å². The van der Waals surface area contributed by atoms with Crippen LogP contribution in [0, 0.1) is 13.8 Å². The number of aryl methyl sites for hydroxylation is 2. The maximum atomic E-state index is 11.8. The van der Waals surface area contributed by atoms with E-state index in [2.05, 4.69) is 113 Å². The molecule has 3 nitrogen and oxygen atoms in total. The Morgan fingerprint density at radius 3 is 1.49 bits per heavy atom. The highest BCUT2D eigenvalue weighted by atomic mass is 31.1. The summed E-state index contributed by atoms with van der Waals surface area (Å²) in [6.45, 7) is 23.2. The van der Waals surface area contributed by atoms with Crippen molar-refractivity contribution in [2.75, 3.05) is 0 Å². The van der Waals surface area contributed by atoms with Crippen LogP contribution in [-0.4, -0.2) is 22.0 Å². The number of phenols is 2. The maximum absolute atomic E-state index is 11.8. The molecule has 0 unspecified atom stereocenters. The van der Waals surface area contributed by atoms with Crippen molar-refractivity contribution < 1.29 is 10.2 Å². The first-order chi connectivity index (χ1) is 16.9. The Balaban J connectivity index is 2.48. The lowest BCUT2D eigenvalue weighted by molar-refractivity contribution is 0.450. The molecule has 0 atom stereocenters. The zero-order valence-electron chi connectivity index (χ0n) is 24.5. The number of nitrogens with zero attached hydrogens (tertiary/aromatic N) is 1. The van der Waals surface area contributed by atoms with E-state index in [4.69, 9.17) is 4.99 Å². The second-order valence-corrected chi connectivity index (χ2v) is 15.3. The van der Waals surface area contributed by atoms with E-state index in [1.807, 2.05) is 18.3 Å². The van der Waals surface area contributed by atoms with Crippen molar-refractivity contribution in [2.24, 2.45) is 4.99 Å². The molecule has 2 N–H and O–H groups in total. The number of aliphatic imine (C=N–C) groups is 1. The quantitative estimate of drug-likeness (QED) is 0.282. The van der Waals surface area contributed by atoms with Crippen LogP contribution in [0.2, 0.25) is 0 Å². The average molecular weight is 518 g/mol. The summed E-state index contributed by atoms with van der Waals surface area (Å²) >= 11 is 0. The largest absolute Gasteiger partial charge is 0.507 e. The van der Waals surface area contributed by atoms with E-state index in [1.54, 1.807) is 0 Å². The zero-order chi connectivity index (χ0) is 27.9. The Morgan fingerprint density at radius 2 is 1.08 bits per heavy atom. The van der Waals surface area contributed by atoms with Gasteiger partial charge in [0.15, 0.2) is 0 Å². The summed E-state index contributed by atoms with van der Waals surface area (Å²) in [4.78, 5) is 4.81. The molecular weight excluding hydrogens is 473 g/mol. The summed E-state index contributed by atoms with van der Waals surface area (Å²) in [7, 11) is -1.31. The third kappa shape index (κ3) is 6.63. The standard InChI is InChI=1S/C33H44NO2P/c1-21-16-24(31(3,4)5)29(35)27(18-21)37(26-15-13-12-14-23(26)20-34-33(9,10)11)28-19-22(2)17-25(30(28)36)32(6,7)8/h12-20,35-36H,1-11H3/b34-20+. The molecule has 0 saturated heterocycles. The van der Waals surface area contributed by atoms with E-state index in [-0.39, 0.29) is 16.4 Å². The number of rotatable bonds is 4. The van der Waals surface area contributed by atoms with E-state index in [0.29, 0.717) is 11.5 Å². The highest BCUT2D eigenvalue weighted by Crippen LogP contribution is 2.45. The molecule has 0 saturated carbocycles. The van der Waals surface area contributed by atoms with Gasteiger partial charge in [-0.3, -0.25) is 4.99 Å². The first kappa shape index (κ1) is 28.9. The van der Waals surface area contributed by atoms with Gasteiger partial charge in [-0.25, -0.2) is 0 Å². The minimum atomic E-state index is -1.31. The molecule has 0 amide bonds. The molecule has 0 radical (unpaired) electrons. The fourth-order valence-corrected chi connectivity index (χ4v) is 7.19. The number of hydrogen-bond donors (Lipinski definition) is 2. The fraction of sp³-hybridized carbons (Fsp3) is 0.424. The van der Waals surface area contributed by atoms with E-state index >= 15 is 0 Å². The van der Waals surface area contributed by atoms with Crippen LogP contribution >= 0.6 is 7.92 Å². The number of hydrogen-bond acceptors (Lipinski definition) is 3. The lowest BCUT2D eigenvalue weighted by Gasteiger charge is -2.30. The molecule has 3 aromatic carbocycles. The summed E-state index contributed by atoms with van der Waals surface area (Å²) < 4.78 is 0. The normalized spacial score (nSPS) is 13.1. The smallest absolute Gasteiger partial charge is 0.127 e. The average Bonchev–Trinajstić information content (AvgIpc) is 2.75. The topological polar surface area (TPSA) is 52.8 Å². The third-order valence-corrected chi connectivity index (χ3v) is 8.87. The summed E-state index contributed by atoms with van der Waals surface area (Å²) in [5.74, 6) is 0.620. The van der Waals surface area contributed by atoms with Crippen LogP contribution in [0.15, 0.2) is 53.5 Å². The second-order valence-electron chi connectivity index (χ2n) is 13.2. The summed E-state index contributed by atoms with van der Waals surface area (Å²) in [5.41, 5.74) is 4.33. The van der Waals surface area contributed by atoms with Gasteiger partial charge < -0.3 is 10.2 Å². The molecule has 0 fully saturated rings. The molecule has 0 spiro atoms.